The van der Waals surface area contributed by atoms with E-state index in [1.165, 1.54) is 0 Å². The average molecular weight is 451 g/mol. The van der Waals surface area contributed by atoms with Crippen LogP contribution in [0.5, 0.6) is 11.5 Å². The van der Waals surface area contributed by atoms with E-state index in [9.17, 15) is 0 Å². The Labute approximate surface area is 173 Å². The molecule has 0 N–H and O–H groups in total. The van der Waals surface area contributed by atoms with Crippen LogP contribution in [-0.2, 0) is 0 Å². The molecular weight excluding hydrogens is 431 g/mol. The van der Waals surface area contributed by atoms with Crippen molar-refractivity contribution in [3.05, 3.63) is 121 Å². The van der Waals surface area contributed by atoms with Gasteiger partial charge in [-0.25, -0.2) is 0 Å². The summed E-state index contributed by atoms with van der Waals surface area (Å²) in [6.07, 6.45) is 0. The Morgan fingerprint density at radius 3 is 1.04 bits per heavy atom. The molecule has 0 spiro atoms. The van der Waals surface area contributed by atoms with Crippen molar-refractivity contribution in [2.24, 2.45) is 0 Å². The van der Waals surface area contributed by atoms with Gasteiger partial charge in [0.05, 0.1) is 0 Å². The molecule has 0 aliphatic carbocycles. The first kappa shape index (κ1) is 18.7. The summed E-state index contributed by atoms with van der Waals surface area (Å²) in [7, 11) is 0. The summed E-state index contributed by atoms with van der Waals surface area (Å²) >= 11 is 4.07. The van der Waals surface area contributed by atoms with Gasteiger partial charge in [0.2, 0.25) is 0 Å². The Morgan fingerprint density at radius 1 is 0.429 bits per heavy atom. The molecule has 2 nitrogen and oxygen atoms in total. The minimum atomic E-state index is -3.73. The molecule has 0 saturated heterocycles. The maximum absolute atomic E-state index is 6.79. The predicted octanol–water partition coefficient (Wildman–Crippen LogP) is 6.49. The van der Waals surface area contributed by atoms with Crippen LogP contribution in [-0.4, -0.2) is 0 Å². The molecule has 0 unspecified atom stereocenters. The van der Waals surface area contributed by atoms with Crippen LogP contribution in [0.3, 0.4) is 0 Å². The van der Waals surface area contributed by atoms with Gasteiger partial charge < -0.3 is 0 Å². The zero-order valence-electron chi connectivity index (χ0n) is 15.2. The molecule has 0 aliphatic heterocycles. The van der Waals surface area contributed by atoms with E-state index in [1.54, 1.807) is 0 Å². The molecule has 0 amide bonds. The van der Waals surface area contributed by atoms with Gasteiger partial charge in [0.15, 0.2) is 0 Å². The quantitative estimate of drug-likeness (QED) is 0.312. The zero-order chi connectivity index (χ0) is 19.3. The second-order valence-corrected chi connectivity index (χ2v) is 13.3. The molecule has 0 aromatic heterocycles. The fraction of sp³-hybridized carbons (Fsp3) is 0. The minimum absolute atomic E-state index is 0.737. The van der Waals surface area contributed by atoms with Crippen molar-refractivity contribution in [2.75, 3.05) is 0 Å². The summed E-state index contributed by atoms with van der Waals surface area (Å²) in [5.41, 5.74) is 0. The van der Waals surface area contributed by atoms with Gasteiger partial charge in [-0.2, -0.15) is 0 Å². The Hall–Kier alpha value is -2.61. The van der Waals surface area contributed by atoms with E-state index in [2.05, 4.69) is 15.5 Å². The molecule has 0 fully saturated rings. The molecule has 4 rings (SSSR count). The Balaban J connectivity index is 1.99. The first-order valence-corrected chi connectivity index (χ1v) is 13.1. The number of hydrogen-bond acceptors (Lipinski definition) is 2. The van der Waals surface area contributed by atoms with E-state index in [0.717, 1.165) is 22.1 Å². The molecule has 4 heteroatoms. The van der Waals surface area contributed by atoms with Crippen LogP contribution in [0.2, 0.25) is 0 Å². The van der Waals surface area contributed by atoms with Gasteiger partial charge in [-0.3, -0.25) is 0 Å². The Morgan fingerprint density at radius 2 is 0.714 bits per heavy atom. The van der Waals surface area contributed by atoms with Crippen molar-refractivity contribution < 1.29 is 9.05 Å². The van der Waals surface area contributed by atoms with Gasteiger partial charge in [0, 0.05) is 0 Å². The van der Waals surface area contributed by atoms with Crippen LogP contribution in [0, 0.1) is 0 Å². The monoisotopic (exact) mass is 450 g/mol. The van der Waals surface area contributed by atoms with E-state index >= 15 is 0 Å². The summed E-state index contributed by atoms with van der Waals surface area (Å²) in [6.45, 7) is 0. The standard InChI is InChI=1S/C24H20BrO2P/c25-28(23-17-9-3-10-18-23,24-19-11-4-12-20-24,26-21-13-5-1-6-14-21)27-22-15-7-2-8-16-22/h1-20H. The number of rotatable bonds is 6. The second-order valence-electron chi connectivity index (χ2n) is 6.34. The molecule has 4 aromatic carbocycles. The van der Waals surface area contributed by atoms with E-state index < -0.39 is 5.76 Å². The molecule has 28 heavy (non-hydrogen) atoms. The second kappa shape index (κ2) is 7.79. The van der Waals surface area contributed by atoms with Gasteiger partial charge >= 0.3 is 174 Å². The molecule has 0 bridgehead atoms. The first-order chi connectivity index (χ1) is 13.7. The van der Waals surface area contributed by atoms with E-state index in [1.807, 2.05) is 121 Å². The summed E-state index contributed by atoms with van der Waals surface area (Å²) in [4.78, 5) is 0. The molecule has 0 radical (unpaired) electrons. The zero-order valence-corrected chi connectivity index (χ0v) is 17.7. The SMILES string of the molecule is BrP(Oc1ccccc1)(Oc1ccccc1)(c1ccccc1)c1ccccc1. The first-order valence-electron chi connectivity index (χ1n) is 9.03. The van der Waals surface area contributed by atoms with E-state index in [-0.39, 0.29) is 0 Å². The van der Waals surface area contributed by atoms with Crippen LogP contribution in [0.1, 0.15) is 0 Å². The van der Waals surface area contributed by atoms with Crippen LogP contribution in [0.15, 0.2) is 121 Å². The maximum atomic E-state index is 6.79. The number of para-hydroxylation sites is 2. The van der Waals surface area contributed by atoms with Gasteiger partial charge in [-0.05, 0) is 0 Å². The van der Waals surface area contributed by atoms with Gasteiger partial charge in [-0.1, -0.05) is 0 Å². The molecule has 0 aliphatic rings. The fourth-order valence-corrected chi connectivity index (χ4v) is 8.61. The van der Waals surface area contributed by atoms with Gasteiger partial charge in [-0.15, -0.1) is 0 Å². The number of hydrogen-bond donors (Lipinski definition) is 0. The van der Waals surface area contributed by atoms with Crippen LogP contribution in [0.4, 0.5) is 0 Å². The number of benzene rings is 4. The Kier molecular flexibility index (Phi) is 5.21. The summed E-state index contributed by atoms with van der Waals surface area (Å²) < 4.78 is 13.6. The van der Waals surface area contributed by atoms with Gasteiger partial charge in [0.25, 0.3) is 0 Å². The van der Waals surface area contributed by atoms with Crippen molar-refractivity contribution in [1.29, 1.82) is 0 Å². The van der Waals surface area contributed by atoms with Crippen LogP contribution >= 0.6 is 21.2 Å². The Bertz CT molecular complexity index is 940. The third kappa shape index (κ3) is 3.56. The van der Waals surface area contributed by atoms with Crippen molar-refractivity contribution in [3.63, 3.8) is 0 Å². The molecule has 0 atom stereocenters. The van der Waals surface area contributed by atoms with E-state index in [4.69, 9.17) is 9.05 Å². The normalized spacial score (nSPS) is 12.5. The van der Waals surface area contributed by atoms with Crippen LogP contribution in [0.25, 0.3) is 0 Å². The molecular formula is C24H20BrO2P. The van der Waals surface area contributed by atoms with E-state index in [0.29, 0.717) is 0 Å². The van der Waals surface area contributed by atoms with Gasteiger partial charge in [0.1, 0.15) is 0 Å². The summed E-state index contributed by atoms with van der Waals surface area (Å²) in [5.74, 6) is -2.26. The topological polar surface area (TPSA) is 18.5 Å². The third-order valence-electron chi connectivity index (χ3n) is 4.41. The molecule has 0 heterocycles. The van der Waals surface area contributed by atoms with Crippen molar-refractivity contribution in [2.45, 2.75) is 0 Å². The number of halogens is 1. The fourth-order valence-electron chi connectivity index (χ4n) is 3.08. The molecule has 4 aromatic rings. The van der Waals surface area contributed by atoms with Crippen LogP contribution < -0.4 is 19.7 Å². The summed E-state index contributed by atoms with van der Waals surface area (Å²) in [6, 6.07) is 39.8. The molecule has 0 saturated carbocycles. The van der Waals surface area contributed by atoms with Crippen molar-refractivity contribution in [3.8, 4) is 11.5 Å². The third-order valence-corrected chi connectivity index (χ3v) is 11.2. The average Bonchev–Trinajstić information content (AvgIpc) is 2.76. The van der Waals surface area contributed by atoms with Crippen molar-refractivity contribution >= 4 is 31.9 Å². The summed E-state index contributed by atoms with van der Waals surface area (Å²) in [5, 5.41) is 1.90. The molecule has 140 valence electrons. The van der Waals surface area contributed by atoms with Crippen molar-refractivity contribution in [1.82, 2.24) is 0 Å². The predicted molar refractivity (Wildman–Crippen MR) is 122 cm³/mol.